The Labute approximate surface area is 131 Å². The number of hydrogen-bond acceptors (Lipinski definition) is 4. The van der Waals surface area contributed by atoms with Crippen LogP contribution in [0.1, 0.15) is 17.8 Å². The van der Waals surface area contributed by atoms with E-state index in [1.807, 2.05) is 55.5 Å². The van der Waals surface area contributed by atoms with Crippen molar-refractivity contribution in [2.24, 2.45) is 0 Å². The highest BCUT2D eigenvalue weighted by molar-refractivity contribution is 5.21. The maximum Gasteiger partial charge on any atom is 0.119 e. The van der Waals surface area contributed by atoms with Crippen molar-refractivity contribution in [1.82, 2.24) is 9.88 Å². The van der Waals surface area contributed by atoms with Crippen LogP contribution in [-0.2, 0) is 6.54 Å². The number of β-amino-alcohol motifs (C(OH)–C–C–N with tert-alkyl or cyclic N) is 1. The maximum absolute atomic E-state index is 10.7. The van der Waals surface area contributed by atoms with Crippen LogP contribution in [0.25, 0.3) is 0 Å². The van der Waals surface area contributed by atoms with E-state index in [1.165, 1.54) is 0 Å². The molecule has 0 saturated carbocycles. The lowest BCUT2D eigenvalue weighted by molar-refractivity contribution is 0.00330. The Morgan fingerprint density at radius 2 is 2.00 bits per heavy atom. The van der Waals surface area contributed by atoms with Crippen LogP contribution in [0.2, 0.25) is 0 Å². The molecule has 1 N–H and O–H groups in total. The smallest absolute Gasteiger partial charge is 0.119 e. The zero-order valence-corrected chi connectivity index (χ0v) is 12.9. The third-order valence-corrected chi connectivity index (χ3v) is 3.99. The van der Waals surface area contributed by atoms with Crippen molar-refractivity contribution in [2.75, 3.05) is 19.7 Å². The van der Waals surface area contributed by atoms with Gasteiger partial charge in [0.1, 0.15) is 18.0 Å². The van der Waals surface area contributed by atoms with Gasteiger partial charge in [0, 0.05) is 25.3 Å². The van der Waals surface area contributed by atoms with Crippen LogP contribution < -0.4 is 4.74 Å². The average molecular weight is 298 g/mol. The van der Waals surface area contributed by atoms with E-state index in [9.17, 15) is 5.11 Å². The van der Waals surface area contributed by atoms with E-state index in [0.717, 1.165) is 36.6 Å². The molecule has 1 aromatic carbocycles. The van der Waals surface area contributed by atoms with Crippen LogP contribution in [0.5, 0.6) is 5.75 Å². The first-order chi connectivity index (χ1) is 10.6. The molecule has 1 fully saturated rings. The van der Waals surface area contributed by atoms with Crippen molar-refractivity contribution in [3.8, 4) is 5.75 Å². The molecule has 4 nitrogen and oxygen atoms in total. The lowest BCUT2D eigenvalue weighted by atomic mass is 10.1. The summed E-state index contributed by atoms with van der Waals surface area (Å²) in [6.07, 6.45) is 0.728. The Morgan fingerprint density at radius 1 is 1.18 bits per heavy atom. The summed E-state index contributed by atoms with van der Waals surface area (Å²) in [7, 11) is 0. The van der Waals surface area contributed by atoms with E-state index in [-0.39, 0.29) is 0 Å². The molecule has 0 amide bonds. The highest BCUT2D eigenvalue weighted by Crippen LogP contribution is 2.24. The lowest BCUT2D eigenvalue weighted by Crippen LogP contribution is -2.39. The van der Waals surface area contributed by atoms with E-state index >= 15 is 0 Å². The first-order valence-electron chi connectivity index (χ1n) is 7.68. The minimum Gasteiger partial charge on any atom is -0.491 e. The summed E-state index contributed by atoms with van der Waals surface area (Å²) in [5.41, 5.74) is 1.30. The second-order valence-electron chi connectivity index (χ2n) is 6.06. The Kier molecular flexibility index (Phi) is 4.41. The van der Waals surface area contributed by atoms with Gasteiger partial charge in [0.15, 0.2) is 0 Å². The van der Waals surface area contributed by atoms with Crippen molar-refractivity contribution in [2.45, 2.75) is 25.5 Å². The molecule has 4 heteroatoms. The van der Waals surface area contributed by atoms with Crippen LogP contribution in [0, 0.1) is 6.92 Å². The van der Waals surface area contributed by atoms with Crippen molar-refractivity contribution in [3.05, 3.63) is 59.9 Å². The Hall–Kier alpha value is -1.91. The minimum atomic E-state index is -0.778. The number of hydrogen-bond donors (Lipinski definition) is 1. The fraction of sp³-hybridized carbons (Fsp3) is 0.389. The molecule has 1 aliphatic rings. The molecule has 1 atom stereocenters. The molecular formula is C18H22N2O2. The van der Waals surface area contributed by atoms with Gasteiger partial charge in [0.2, 0.25) is 0 Å². The summed E-state index contributed by atoms with van der Waals surface area (Å²) in [4.78, 5) is 6.76. The molecule has 0 spiro atoms. The predicted octanol–water partition coefficient (Wildman–Crippen LogP) is 2.41. The van der Waals surface area contributed by atoms with Gasteiger partial charge < -0.3 is 9.84 Å². The molecule has 0 unspecified atom stereocenters. The Morgan fingerprint density at radius 3 is 2.77 bits per heavy atom. The number of nitrogens with zero attached hydrogens (tertiary/aromatic N) is 2. The van der Waals surface area contributed by atoms with Gasteiger partial charge in [-0.1, -0.05) is 24.3 Å². The van der Waals surface area contributed by atoms with Gasteiger partial charge in [-0.25, -0.2) is 0 Å². The summed E-state index contributed by atoms with van der Waals surface area (Å²) in [6.45, 7) is 4.58. The second kappa shape index (κ2) is 6.46. The number of para-hydroxylation sites is 1. The van der Waals surface area contributed by atoms with Crippen LogP contribution in [0.3, 0.4) is 0 Å². The lowest BCUT2D eigenvalue weighted by Gasteiger charge is -2.23. The minimum absolute atomic E-state index is 0.328. The van der Waals surface area contributed by atoms with Crippen LogP contribution in [0.4, 0.5) is 0 Å². The quantitative estimate of drug-likeness (QED) is 0.921. The topological polar surface area (TPSA) is 45.6 Å². The van der Waals surface area contributed by atoms with Gasteiger partial charge >= 0.3 is 0 Å². The third-order valence-electron chi connectivity index (χ3n) is 3.99. The van der Waals surface area contributed by atoms with Crippen molar-refractivity contribution in [1.29, 1.82) is 0 Å². The van der Waals surface area contributed by atoms with Crippen molar-refractivity contribution < 1.29 is 9.84 Å². The Bertz CT molecular complexity index is 617. The average Bonchev–Trinajstić information content (AvgIpc) is 2.88. The third kappa shape index (κ3) is 3.84. The number of likely N-dealkylation sites (tertiary alicyclic amines) is 1. The molecule has 22 heavy (non-hydrogen) atoms. The number of ether oxygens (including phenoxy) is 1. The molecule has 3 rings (SSSR count). The molecule has 0 bridgehead atoms. The molecule has 116 valence electrons. The molecule has 0 aliphatic carbocycles. The van der Waals surface area contributed by atoms with Crippen LogP contribution >= 0.6 is 0 Å². The number of aromatic nitrogens is 1. The molecule has 0 radical (unpaired) electrons. The summed E-state index contributed by atoms with van der Waals surface area (Å²) in [6, 6.07) is 15.7. The summed E-state index contributed by atoms with van der Waals surface area (Å²) < 4.78 is 5.72. The molecule has 1 aromatic heterocycles. The number of aliphatic hydroxyl groups is 1. The molecule has 2 aromatic rings. The van der Waals surface area contributed by atoms with E-state index in [0.29, 0.717) is 13.2 Å². The molecule has 1 saturated heterocycles. The first kappa shape index (κ1) is 15.0. The Balaban J connectivity index is 1.54. The maximum atomic E-state index is 10.7. The van der Waals surface area contributed by atoms with E-state index in [1.54, 1.807) is 0 Å². The van der Waals surface area contributed by atoms with E-state index < -0.39 is 5.60 Å². The largest absolute Gasteiger partial charge is 0.491 e. The highest BCUT2D eigenvalue weighted by atomic mass is 16.5. The van der Waals surface area contributed by atoms with Crippen molar-refractivity contribution in [3.63, 3.8) is 0 Å². The number of benzene rings is 1. The molecular weight excluding hydrogens is 276 g/mol. The van der Waals surface area contributed by atoms with Gasteiger partial charge in [-0.2, -0.15) is 0 Å². The standard InChI is InChI=1S/C18H22N2O2/c1-15-6-5-7-16(19-15)12-20-11-10-18(21,13-20)14-22-17-8-3-2-4-9-17/h2-9,21H,10-14H2,1H3/t18-/m0/s1. The van der Waals surface area contributed by atoms with Crippen LogP contribution in [0.15, 0.2) is 48.5 Å². The fourth-order valence-electron chi connectivity index (χ4n) is 2.84. The van der Waals surface area contributed by atoms with Crippen LogP contribution in [-0.4, -0.2) is 40.3 Å². The number of pyridine rings is 1. The summed E-state index contributed by atoms with van der Waals surface area (Å²) >= 11 is 0. The SMILES string of the molecule is Cc1cccc(CN2CC[C@@](O)(COc3ccccc3)C2)n1. The monoisotopic (exact) mass is 298 g/mol. The van der Waals surface area contributed by atoms with E-state index in [4.69, 9.17) is 4.74 Å². The van der Waals surface area contributed by atoms with Gasteiger partial charge in [-0.05, 0) is 37.6 Å². The second-order valence-corrected chi connectivity index (χ2v) is 6.06. The zero-order chi connectivity index (χ0) is 15.4. The highest BCUT2D eigenvalue weighted by Gasteiger charge is 2.36. The summed E-state index contributed by atoms with van der Waals surface area (Å²) in [5.74, 6) is 0.801. The number of rotatable bonds is 5. The summed E-state index contributed by atoms with van der Waals surface area (Å²) in [5, 5.41) is 10.7. The zero-order valence-electron chi connectivity index (χ0n) is 12.9. The van der Waals surface area contributed by atoms with Gasteiger partial charge in [-0.3, -0.25) is 9.88 Å². The van der Waals surface area contributed by atoms with Gasteiger partial charge in [-0.15, -0.1) is 0 Å². The predicted molar refractivity (Wildman–Crippen MR) is 85.8 cm³/mol. The molecule has 1 aliphatic heterocycles. The fourth-order valence-corrected chi connectivity index (χ4v) is 2.84. The van der Waals surface area contributed by atoms with Gasteiger partial charge in [0.05, 0.1) is 5.69 Å². The normalized spacial score (nSPS) is 21.9. The van der Waals surface area contributed by atoms with Crippen molar-refractivity contribution >= 4 is 0 Å². The number of aryl methyl sites for hydroxylation is 1. The molecule has 2 heterocycles. The van der Waals surface area contributed by atoms with E-state index in [2.05, 4.69) is 9.88 Å². The van der Waals surface area contributed by atoms with Gasteiger partial charge in [0.25, 0.3) is 0 Å². The first-order valence-corrected chi connectivity index (χ1v) is 7.68.